The van der Waals surface area contributed by atoms with E-state index in [2.05, 4.69) is 19.2 Å². The summed E-state index contributed by atoms with van der Waals surface area (Å²) in [6.45, 7) is 5.21. The first-order valence-corrected chi connectivity index (χ1v) is 7.02. The van der Waals surface area contributed by atoms with Gasteiger partial charge in [0.15, 0.2) is 0 Å². The van der Waals surface area contributed by atoms with E-state index in [1.54, 1.807) is 18.2 Å². The molecule has 0 spiro atoms. The second-order valence-corrected chi connectivity index (χ2v) is 4.93. The highest BCUT2D eigenvalue weighted by Gasteiger charge is 2.12. The second-order valence-electron chi connectivity index (χ2n) is 4.93. The van der Waals surface area contributed by atoms with Crippen molar-refractivity contribution in [1.82, 2.24) is 0 Å². The Labute approximate surface area is 115 Å². The van der Waals surface area contributed by atoms with Gasteiger partial charge in [-0.1, -0.05) is 39.2 Å². The Balaban J connectivity index is 2.73. The number of amides is 1. The molecule has 0 aromatic heterocycles. The Hall–Kier alpha value is -1.71. The lowest BCUT2D eigenvalue weighted by molar-refractivity contribution is 0.100. The maximum atomic E-state index is 11.4. The number of carbonyl (C=O) groups is 1. The van der Waals surface area contributed by atoms with Gasteiger partial charge in [0.25, 0.3) is 5.91 Å². The number of rotatable bonds is 8. The first-order chi connectivity index (χ1) is 9.10. The fourth-order valence-electron chi connectivity index (χ4n) is 2.16. The van der Waals surface area contributed by atoms with E-state index in [9.17, 15) is 4.79 Å². The van der Waals surface area contributed by atoms with E-state index in [-0.39, 0.29) is 0 Å². The van der Waals surface area contributed by atoms with Crippen molar-refractivity contribution in [3.63, 3.8) is 0 Å². The number of benzene rings is 1. The smallest absolute Gasteiger partial charge is 0.250 e. The summed E-state index contributed by atoms with van der Waals surface area (Å²) in [6.07, 6.45) is 4.74. The molecular formula is C15H25N3O. The second kappa shape index (κ2) is 7.67. The van der Waals surface area contributed by atoms with Crippen molar-refractivity contribution in [2.45, 2.75) is 39.5 Å². The molecule has 0 bridgehead atoms. The van der Waals surface area contributed by atoms with Crippen LogP contribution in [0, 0.1) is 5.92 Å². The van der Waals surface area contributed by atoms with E-state index >= 15 is 0 Å². The third-order valence-electron chi connectivity index (χ3n) is 3.47. The molecule has 0 saturated carbocycles. The molecule has 0 saturated heterocycles. The monoisotopic (exact) mass is 263 g/mol. The molecule has 1 atom stereocenters. The van der Waals surface area contributed by atoms with E-state index in [4.69, 9.17) is 11.5 Å². The van der Waals surface area contributed by atoms with Crippen molar-refractivity contribution in [3.8, 4) is 0 Å². The van der Waals surface area contributed by atoms with Crippen molar-refractivity contribution in [3.05, 3.63) is 23.8 Å². The lowest BCUT2D eigenvalue weighted by atomic mass is 9.99. The molecule has 19 heavy (non-hydrogen) atoms. The summed E-state index contributed by atoms with van der Waals surface area (Å²) in [5.74, 6) is 0.150. The van der Waals surface area contributed by atoms with Crippen LogP contribution in [0.3, 0.4) is 0 Å². The van der Waals surface area contributed by atoms with E-state index in [0.29, 0.717) is 22.9 Å². The number of hydrogen-bond donors (Lipinski definition) is 3. The molecule has 1 aromatic carbocycles. The first-order valence-electron chi connectivity index (χ1n) is 7.02. The summed E-state index contributed by atoms with van der Waals surface area (Å²) in [6, 6.07) is 5.23. The van der Waals surface area contributed by atoms with Gasteiger partial charge in [-0.3, -0.25) is 4.79 Å². The quantitative estimate of drug-likeness (QED) is 0.631. The lowest BCUT2D eigenvalue weighted by Gasteiger charge is -2.18. The Morgan fingerprint density at radius 2 is 2.11 bits per heavy atom. The average molecular weight is 263 g/mol. The predicted octanol–water partition coefficient (Wildman–Crippen LogP) is 3.00. The van der Waals surface area contributed by atoms with Crippen molar-refractivity contribution in [2.75, 3.05) is 17.6 Å². The van der Waals surface area contributed by atoms with Gasteiger partial charge in [0.05, 0.1) is 16.9 Å². The van der Waals surface area contributed by atoms with Crippen LogP contribution in [0.15, 0.2) is 18.2 Å². The molecule has 0 heterocycles. The van der Waals surface area contributed by atoms with Gasteiger partial charge in [-0.05, 0) is 24.5 Å². The number of nitrogen functional groups attached to an aromatic ring is 1. The van der Waals surface area contributed by atoms with Gasteiger partial charge in [0, 0.05) is 6.54 Å². The Kier molecular flexibility index (Phi) is 6.19. The third-order valence-corrected chi connectivity index (χ3v) is 3.47. The molecule has 106 valence electrons. The molecule has 1 amide bonds. The molecule has 0 radical (unpaired) electrons. The average Bonchev–Trinajstić information content (AvgIpc) is 2.40. The number of nitrogens with one attached hydrogen (secondary N) is 1. The first kappa shape index (κ1) is 15.3. The number of nitrogens with two attached hydrogens (primary N) is 2. The largest absolute Gasteiger partial charge is 0.397 e. The van der Waals surface area contributed by atoms with E-state index < -0.39 is 5.91 Å². The SMILES string of the molecule is CCCCC(CC)CNc1c(N)cccc1C(N)=O. The van der Waals surface area contributed by atoms with Crippen LogP contribution in [0.5, 0.6) is 0 Å². The molecule has 0 fully saturated rings. The minimum atomic E-state index is -0.448. The van der Waals surface area contributed by atoms with Gasteiger partial charge in [-0.2, -0.15) is 0 Å². The zero-order chi connectivity index (χ0) is 14.3. The molecule has 1 unspecified atom stereocenters. The van der Waals surface area contributed by atoms with Crippen LogP contribution in [0.25, 0.3) is 0 Å². The maximum Gasteiger partial charge on any atom is 0.250 e. The molecule has 4 heteroatoms. The van der Waals surface area contributed by atoms with Crippen molar-refractivity contribution in [1.29, 1.82) is 0 Å². The Morgan fingerprint density at radius 3 is 2.68 bits per heavy atom. The van der Waals surface area contributed by atoms with Crippen LogP contribution in [0.2, 0.25) is 0 Å². The number of primary amides is 1. The summed E-state index contributed by atoms with van der Waals surface area (Å²) in [5, 5.41) is 3.30. The van der Waals surface area contributed by atoms with Crippen LogP contribution in [-0.2, 0) is 0 Å². The van der Waals surface area contributed by atoms with Crippen LogP contribution >= 0.6 is 0 Å². The lowest BCUT2D eigenvalue weighted by Crippen LogP contribution is -2.19. The highest BCUT2D eigenvalue weighted by molar-refractivity contribution is 6.01. The standard InChI is InChI=1S/C15H25N3O/c1-3-5-7-11(4-2)10-18-14-12(15(17)19)8-6-9-13(14)16/h6,8-9,11,18H,3-5,7,10,16H2,1-2H3,(H2,17,19). The molecule has 1 aromatic rings. The van der Waals surface area contributed by atoms with Gasteiger partial charge < -0.3 is 16.8 Å². The molecule has 5 N–H and O–H groups in total. The molecular weight excluding hydrogens is 238 g/mol. The van der Waals surface area contributed by atoms with E-state index in [1.807, 2.05) is 0 Å². The number of para-hydroxylation sites is 1. The maximum absolute atomic E-state index is 11.4. The zero-order valence-corrected chi connectivity index (χ0v) is 11.9. The van der Waals surface area contributed by atoms with E-state index in [1.165, 1.54) is 19.3 Å². The topological polar surface area (TPSA) is 81.1 Å². The van der Waals surface area contributed by atoms with Crippen molar-refractivity contribution >= 4 is 17.3 Å². The van der Waals surface area contributed by atoms with Gasteiger partial charge >= 0.3 is 0 Å². The van der Waals surface area contributed by atoms with Crippen LogP contribution < -0.4 is 16.8 Å². The summed E-state index contributed by atoms with van der Waals surface area (Å²) in [4.78, 5) is 11.4. The number of unbranched alkanes of at least 4 members (excludes halogenated alkanes) is 1. The van der Waals surface area contributed by atoms with Crippen LogP contribution in [-0.4, -0.2) is 12.5 Å². The molecule has 0 aliphatic carbocycles. The normalized spacial score (nSPS) is 12.1. The summed E-state index contributed by atoms with van der Waals surface area (Å²) >= 11 is 0. The van der Waals surface area contributed by atoms with E-state index in [0.717, 1.165) is 13.0 Å². The molecule has 0 aliphatic heterocycles. The minimum Gasteiger partial charge on any atom is -0.397 e. The van der Waals surface area contributed by atoms with Crippen molar-refractivity contribution in [2.24, 2.45) is 11.7 Å². The highest BCUT2D eigenvalue weighted by atomic mass is 16.1. The molecule has 1 rings (SSSR count). The molecule has 4 nitrogen and oxygen atoms in total. The van der Waals surface area contributed by atoms with Gasteiger partial charge in [-0.25, -0.2) is 0 Å². The predicted molar refractivity (Wildman–Crippen MR) is 81.2 cm³/mol. The van der Waals surface area contributed by atoms with Crippen molar-refractivity contribution < 1.29 is 4.79 Å². The zero-order valence-electron chi connectivity index (χ0n) is 11.9. The Morgan fingerprint density at radius 1 is 1.37 bits per heavy atom. The summed E-state index contributed by atoms with van der Waals surface area (Å²) in [7, 11) is 0. The fraction of sp³-hybridized carbons (Fsp3) is 0.533. The highest BCUT2D eigenvalue weighted by Crippen LogP contribution is 2.24. The van der Waals surface area contributed by atoms with Crippen LogP contribution in [0.4, 0.5) is 11.4 Å². The van der Waals surface area contributed by atoms with Gasteiger partial charge in [0.2, 0.25) is 0 Å². The number of anilines is 2. The Bertz CT molecular complexity index is 418. The summed E-state index contributed by atoms with van der Waals surface area (Å²) < 4.78 is 0. The molecule has 0 aliphatic rings. The van der Waals surface area contributed by atoms with Gasteiger partial charge in [-0.15, -0.1) is 0 Å². The minimum absolute atomic E-state index is 0.448. The number of hydrogen-bond acceptors (Lipinski definition) is 3. The van der Waals surface area contributed by atoms with Crippen LogP contribution in [0.1, 0.15) is 49.9 Å². The fourth-order valence-corrected chi connectivity index (χ4v) is 2.16. The number of carbonyl (C=O) groups excluding carboxylic acids is 1. The third kappa shape index (κ3) is 4.47. The summed E-state index contributed by atoms with van der Waals surface area (Å²) in [5.41, 5.74) is 13.0. The van der Waals surface area contributed by atoms with Gasteiger partial charge in [0.1, 0.15) is 0 Å².